The number of aryl methyl sites for hydroxylation is 1. The summed E-state index contributed by atoms with van der Waals surface area (Å²) in [6.45, 7) is 12.6. The van der Waals surface area contributed by atoms with Gasteiger partial charge < -0.3 is 19.7 Å². The second kappa shape index (κ2) is 11.6. The highest BCUT2D eigenvalue weighted by molar-refractivity contribution is 5.94. The fraction of sp³-hybridized carbons (Fsp3) is 0.500. The number of benzene rings is 2. The Balaban J connectivity index is 1.72. The molecule has 190 valence electrons. The topological polar surface area (TPSA) is 71.1 Å². The number of nitrogens with zero attached hydrogens (tertiary/aromatic N) is 2. The predicted octanol–water partition coefficient (Wildman–Crippen LogP) is 4.67. The van der Waals surface area contributed by atoms with Gasteiger partial charge in [-0.1, -0.05) is 31.2 Å². The SMILES string of the molecule is CCc1ccc(C(CN2CCN(C(=O)OC(C)(C)C)[C@H](C)C2)Oc2ccc(C(=O)NC)cc2)cc1. The van der Waals surface area contributed by atoms with Crippen LogP contribution in [0.25, 0.3) is 0 Å². The van der Waals surface area contributed by atoms with Crippen LogP contribution in [0.5, 0.6) is 5.75 Å². The minimum absolute atomic E-state index is 0.0357. The van der Waals surface area contributed by atoms with Gasteiger partial charge in [-0.05, 0) is 69.5 Å². The minimum Gasteiger partial charge on any atom is -0.484 e. The molecule has 2 aromatic rings. The van der Waals surface area contributed by atoms with Gasteiger partial charge in [-0.3, -0.25) is 9.69 Å². The Bertz CT molecular complexity index is 983. The largest absolute Gasteiger partial charge is 0.484 e. The zero-order valence-electron chi connectivity index (χ0n) is 21.8. The summed E-state index contributed by atoms with van der Waals surface area (Å²) in [6, 6.07) is 15.8. The second-order valence-corrected chi connectivity index (χ2v) is 10.1. The Hall–Kier alpha value is -3.06. The number of hydrogen-bond acceptors (Lipinski definition) is 5. The van der Waals surface area contributed by atoms with E-state index in [9.17, 15) is 9.59 Å². The molecule has 2 atom stereocenters. The van der Waals surface area contributed by atoms with Gasteiger partial charge in [-0.15, -0.1) is 0 Å². The van der Waals surface area contributed by atoms with E-state index in [1.54, 1.807) is 19.2 Å². The van der Waals surface area contributed by atoms with Crippen molar-refractivity contribution in [1.82, 2.24) is 15.1 Å². The molecule has 0 aromatic heterocycles. The molecule has 0 spiro atoms. The van der Waals surface area contributed by atoms with E-state index in [-0.39, 0.29) is 24.1 Å². The third-order valence-corrected chi connectivity index (χ3v) is 6.15. The van der Waals surface area contributed by atoms with E-state index in [1.165, 1.54) is 5.56 Å². The van der Waals surface area contributed by atoms with Gasteiger partial charge in [0.25, 0.3) is 5.91 Å². The summed E-state index contributed by atoms with van der Waals surface area (Å²) in [5, 5.41) is 2.64. The van der Waals surface area contributed by atoms with Crippen molar-refractivity contribution in [3.63, 3.8) is 0 Å². The van der Waals surface area contributed by atoms with Crippen molar-refractivity contribution >= 4 is 12.0 Å². The van der Waals surface area contributed by atoms with Crippen LogP contribution in [0.2, 0.25) is 0 Å². The first kappa shape index (κ1) is 26.5. The van der Waals surface area contributed by atoms with Crippen LogP contribution < -0.4 is 10.1 Å². The van der Waals surface area contributed by atoms with Gasteiger partial charge in [0, 0.05) is 44.8 Å². The maximum absolute atomic E-state index is 12.6. The third kappa shape index (κ3) is 7.46. The average Bonchev–Trinajstić information content (AvgIpc) is 2.82. The van der Waals surface area contributed by atoms with Crippen LogP contribution in [0.15, 0.2) is 48.5 Å². The van der Waals surface area contributed by atoms with Crippen LogP contribution in [0, 0.1) is 0 Å². The van der Waals surface area contributed by atoms with Gasteiger partial charge in [0.1, 0.15) is 17.5 Å². The normalized spacial score (nSPS) is 17.5. The van der Waals surface area contributed by atoms with Gasteiger partial charge in [-0.2, -0.15) is 0 Å². The van der Waals surface area contributed by atoms with Crippen molar-refractivity contribution in [2.45, 2.75) is 58.8 Å². The van der Waals surface area contributed by atoms with Crippen LogP contribution in [0.1, 0.15) is 62.2 Å². The Morgan fingerprint density at radius 1 is 1.06 bits per heavy atom. The fourth-order valence-electron chi connectivity index (χ4n) is 4.20. The lowest BCUT2D eigenvalue weighted by Gasteiger charge is -2.41. The molecule has 1 aliphatic rings. The Kier molecular flexibility index (Phi) is 8.78. The highest BCUT2D eigenvalue weighted by Gasteiger charge is 2.32. The summed E-state index contributed by atoms with van der Waals surface area (Å²) in [5.74, 6) is 0.586. The quantitative estimate of drug-likeness (QED) is 0.622. The monoisotopic (exact) mass is 481 g/mol. The molecule has 0 radical (unpaired) electrons. The molecule has 2 aromatic carbocycles. The molecular weight excluding hydrogens is 442 g/mol. The van der Waals surface area contributed by atoms with Gasteiger partial charge in [0.2, 0.25) is 0 Å². The van der Waals surface area contributed by atoms with Gasteiger partial charge in [0.05, 0.1) is 0 Å². The first-order chi connectivity index (χ1) is 16.6. The molecule has 0 bridgehead atoms. The minimum atomic E-state index is -0.509. The lowest BCUT2D eigenvalue weighted by Crippen LogP contribution is -2.55. The first-order valence-electron chi connectivity index (χ1n) is 12.4. The molecule has 7 heteroatoms. The van der Waals surface area contributed by atoms with Gasteiger partial charge in [0.15, 0.2) is 0 Å². The number of ether oxygens (including phenoxy) is 2. The van der Waals surface area contributed by atoms with Crippen molar-refractivity contribution in [3.05, 3.63) is 65.2 Å². The number of nitrogens with one attached hydrogen (secondary N) is 1. The summed E-state index contributed by atoms with van der Waals surface area (Å²) < 4.78 is 12.0. The average molecular weight is 482 g/mol. The summed E-state index contributed by atoms with van der Waals surface area (Å²) in [5.41, 5.74) is 2.46. The highest BCUT2D eigenvalue weighted by Crippen LogP contribution is 2.26. The zero-order chi connectivity index (χ0) is 25.6. The van der Waals surface area contributed by atoms with E-state index < -0.39 is 5.60 Å². The van der Waals surface area contributed by atoms with Crippen LogP contribution in [-0.2, 0) is 11.2 Å². The summed E-state index contributed by atoms with van der Waals surface area (Å²) in [4.78, 5) is 28.6. The molecule has 0 aliphatic carbocycles. The van der Waals surface area contributed by atoms with Crippen LogP contribution in [0.3, 0.4) is 0 Å². The summed E-state index contributed by atoms with van der Waals surface area (Å²) in [7, 11) is 1.62. The van der Waals surface area contributed by atoms with E-state index in [0.717, 1.165) is 25.1 Å². The fourth-order valence-corrected chi connectivity index (χ4v) is 4.20. The number of amides is 2. The molecule has 1 fully saturated rings. The standard InChI is InChI=1S/C28H39N3O4/c1-7-21-8-10-22(11-9-21)25(34-24-14-12-23(13-15-24)26(32)29-6)19-30-16-17-31(20(2)18-30)27(33)35-28(3,4)5/h8-15,20,25H,7,16-19H2,1-6H3,(H,29,32)/t20-,25?/m1/s1. The van der Waals surface area contributed by atoms with Crippen LogP contribution in [0.4, 0.5) is 4.79 Å². The Morgan fingerprint density at radius 2 is 1.71 bits per heavy atom. The van der Waals surface area contributed by atoms with Crippen LogP contribution in [-0.4, -0.2) is 66.7 Å². The molecule has 7 nitrogen and oxygen atoms in total. The molecule has 1 heterocycles. The molecule has 0 saturated carbocycles. The van der Waals surface area contributed by atoms with E-state index in [0.29, 0.717) is 24.4 Å². The predicted molar refractivity (Wildman–Crippen MR) is 138 cm³/mol. The number of piperazine rings is 1. The lowest BCUT2D eigenvalue weighted by molar-refractivity contribution is -0.00298. The molecule has 3 rings (SSSR count). The van der Waals surface area contributed by atoms with E-state index >= 15 is 0 Å². The van der Waals surface area contributed by atoms with Gasteiger partial charge in [-0.25, -0.2) is 4.79 Å². The van der Waals surface area contributed by atoms with Gasteiger partial charge >= 0.3 is 6.09 Å². The number of hydrogen-bond donors (Lipinski definition) is 1. The molecule has 35 heavy (non-hydrogen) atoms. The van der Waals surface area contributed by atoms with E-state index in [2.05, 4.69) is 48.3 Å². The van der Waals surface area contributed by atoms with Crippen molar-refractivity contribution in [3.8, 4) is 5.75 Å². The van der Waals surface area contributed by atoms with Crippen molar-refractivity contribution < 1.29 is 19.1 Å². The number of rotatable bonds is 7. The maximum Gasteiger partial charge on any atom is 0.410 e. The second-order valence-electron chi connectivity index (χ2n) is 10.1. The van der Waals surface area contributed by atoms with Crippen molar-refractivity contribution in [2.24, 2.45) is 0 Å². The molecule has 1 aliphatic heterocycles. The first-order valence-corrected chi connectivity index (χ1v) is 12.4. The number of carbonyl (C=O) groups is 2. The smallest absolute Gasteiger partial charge is 0.410 e. The van der Waals surface area contributed by atoms with E-state index in [1.807, 2.05) is 37.8 Å². The number of carbonyl (C=O) groups excluding carboxylic acids is 2. The molecule has 1 saturated heterocycles. The summed E-state index contributed by atoms with van der Waals surface area (Å²) >= 11 is 0. The van der Waals surface area contributed by atoms with Crippen molar-refractivity contribution in [1.29, 1.82) is 0 Å². The maximum atomic E-state index is 12.6. The zero-order valence-corrected chi connectivity index (χ0v) is 21.8. The van der Waals surface area contributed by atoms with E-state index in [4.69, 9.17) is 9.47 Å². The molecule has 2 amide bonds. The molecule has 1 N–H and O–H groups in total. The molecular formula is C28H39N3O4. The highest BCUT2D eigenvalue weighted by atomic mass is 16.6. The Morgan fingerprint density at radius 3 is 2.26 bits per heavy atom. The molecule has 1 unspecified atom stereocenters. The lowest BCUT2D eigenvalue weighted by atomic mass is 10.0. The van der Waals surface area contributed by atoms with Crippen LogP contribution >= 0.6 is 0 Å². The van der Waals surface area contributed by atoms with Crippen molar-refractivity contribution in [2.75, 3.05) is 33.2 Å². The Labute approximate surface area is 209 Å². The third-order valence-electron chi connectivity index (χ3n) is 6.15. The summed E-state index contributed by atoms with van der Waals surface area (Å²) in [6.07, 6.45) is 0.535.